The molecule has 0 N–H and O–H groups in total. The van der Waals surface area contributed by atoms with Gasteiger partial charge in [-0.05, 0) is 25.3 Å². The summed E-state index contributed by atoms with van der Waals surface area (Å²) in [6.45, 7) is 3.69. The maximum absolute atomic E-state index is 12.9. The van der Waals surface area contributed by atoms with Gasteiger partial charge in [-0.15, -0.1) is 0 Å². The smallest absolute Gasteiger partial charge is 0.336 e. The highest BCUT2D eigenvalue weighted by Gasteiger charge is 2.38. The van der Waals surface area contributed by atoms with E-state index in [9.17, 15) is 9.59 Å². The highest BCUT2D eigenvalue weighted by atomic mass is 16.5. The molecule has 1 atom stereocenters. The van der Waals surface area contributed by atoms with Crippen LogP contribution in [0.4, 0.5) is 0 Å². The van der Waals surface area contributed by atoms with E-state index >= 15 is 0 Å². The summed E-state index contributed by atoms with van der Waals surface area (Å²) in [5.41, 5.74) is 1.24. The molecule has 2 aliphatic heterocycles. The molecule has 0 spiro atoms. The van der Waals surface area contributed by atoms with Crippen LogP contribution in [0.25, 0.3) is 0 Å². The molecule has 8 heteroatoms. The fourth-order valence-electron chi connectivity index (χ4n) is 4.03. The van der Waals surface area contributed by atoms with Crippen LogP contribution in [-0.2, 0) is 23.8 Å². The monoisotopic (exact) mass is 445 g/mol. The molecule has 0 aliphatic carbocycles. The molecule has 1 saturated heterocycles. The second-order valence-corrected chi connectivity index (χ2v) is 7.64. The van der Waals surface area contributed by atoms with Gasteiger partial charge in [0.15, 0.2) is 11.5 Å². The number of benzene rings is 1. The Balaban J connectivity index is 2.11. The van der Waals surface area contributed by atoms with Crippen molar-refractivity contribution in [2.24, 2.45) is 0 Å². The molecule has 0 bridgehead atoms. The Kier molecular flexibility index (Phi) is 8.16. The molecule has 1 aromatic rings. The Bertz CT molecular complexity index is 852. The van der Waals surface area contributed by atoms with E-state index in [0.29, 0.717) is 48.0 Å². The lowest BCUT2D eigenvalue weighted by Crippen LogP contribution is -2.32. The quantitative estimate of drug-likeness (QED) is 0.536. The number of methoxy groups -OCH3 is 3. The molecular formula is C24H31NO7. The molecule has 1 fully saturated rings. The van der Waals surface area contributed by atoms with Crippen LogP contribution in [0.2, 0.25) is 0 Å². The van der Waals surface area contributed by atoms with Crippen molar-refractivity contribution in [3.05, 3.63) is 47.3 Å². The number of hydrogen-bond donors (Lipinski definition) is 0. The minimum absolute atomic E-state index is 0.0251. The van der Waals surface area contributed by atoms with E-state index in [1.54, 1.807) is 36.5 Å². The lowest BCUT2D eigenvalue weighted by Gasteiger charge is -2.32. The van der Waals surface area contributed by atoms with Crippen LogP contribution in [-0.4, -0.2) is 64.0 Å². The second-order valence-electron chi connectivity index (χ2n) is 7.64. The predicted octanol–water partition coefficient (Wildman–Crippen LogP) is 3.18. The Hall–Kier alpha value is -3.00. The Morgan fingerprint density at radius 1 is 1.09 bits per heavy atom. The van der Waals surface area contributed by atoms with Gasteiger partial charge in [0, 0.05) is 31.1 Å². The lowest BCUT2D eigenvalue weighted by atomic mass is 9.82. The Morgan fingerprint density at radius 3 is 2.31 bits per heavy atom. The molecule has 1 aromatic carbocycles. The van der Waals surface area contributed by atoms with E-state index in [4.69, 9.17) is 23.7 Å². The third kappa shape index (κ3) is 5.07. The van der Waals surface area contributed by atoms with E-state index in [-0.39, 0.29) is 6.10 Å². The van der Waals surface area contributed by atoms with E-state index < -0.39 is 17.9 Å². The average molecular weight is 446 g/mol. The Labute approximate surface area is 188 Å². The summed E-state index contributed by atoms with van der Waals surface area (Å²) in [7, 11) is 4.19. The molecule has 0 aromatic heterocycles. The zero-order chi connectivity index (χ0) is 23.1. The summed E-state index contributed by atoms with van der Waals surface area (Å²) >= 11 is 0. The van der Waals surface area contributed by atoms with Gasteiger partial charge in [0.2, 0.25) is 0 Å². The Morgan fingerprint density at radius 2 is 1.78 bits per heavy atom. The molecule has 8 nitrogen and oxygen atoms in total. The number of ether oxygens (including phenoxy) is 5. The third-order valence-electron chi connectivity index (χ3n) is 5.50. The summed E-state index contributed by atoms with van der Waals surface area (Å²) in [6, 6.07) is 5.40. The van der Waals surface area contributed by atoms with Gasteiger partial charge < -0.3 is 28.6 Å². The van der Waals surface area contributed by atoms with Crippen molar-refractivity contribution >= 4 is 11.9 Å². The summed E-state index contributed by atoms with van der Waals surface area (Å²) in [5.74, 6) is -0.806. The molecule has 0 amide bonds. The largest absolute Gasteiger partial charge is 0.493 e. The van der Waals surface area contributed by atoms with Crippen LogP contribution in [0, 0.1) is 0 Å². The number of carbonyl (C=O) groups is 2. The normalized spacial score (nSPS) is 18.6. The van der Waals surface area contributed by atoms with Gasteiger partial charge in [-0.3, -0.25) is 0 Å². The van der Waals surface area contributed by atoms with E-state index in [1.165, 1.54) is 14.2 Å². The molecule has 2 aliphatic rings. The molecule has 2 heterocycles. The number of para-hydroxylation sites is 1. The van der Waals surface area contributed by atoms with Crippen molar-refractivity contribution in [3.63, 3.8) is 0 Å². The van der Waals surface area contributed by atoms with Gasteiger partial charge in [0.25, 0.3) is 0 Å². The minimum atomic E-state index is -0.738. The van der Waals surface area contributed by atoms with Crippen LogP contribution < -0.4 is 9.47 Å². The van der Waals surface area contributed by atoms with E-state index in [0.717, 1.165) is 19.3 Å². The maximum atomic E-state index is 12.9. The highest BCUT2D eigenvalue weighted by molar-refractivity contribution is 5.99. The first-order valence-corrected chi connectivity index (χ1v) is 10.8. The summed E-state index contributed by atoms with van der Waals surface area (Å²) < 4.78 is 27.4. The van der Waals surface area contributed by atoms with Crippen molar-refractivity contribution in [2.45, 2.75) is 38.2 Å². The van der Waals surface area contributed by atoms with Crippen molar-refractivity contribution in [1.29, 1.82) is 0 Å². The third-order valence-corrected chi connectivity index (χ3v) is 5.50. The number of esters is 2. The zero-order valence-electron chi connectivity index (χ0n) is 19.1. The zero-order valence-corrected chi connectivity index (χ0v) is 19.1. The fourth-order valence-corrected chi connectivity index (χ4v) is 4.03. The minimum Gasteiger partial charge on any atom is -0.493 e. The maximum Gasteiger partial charge on any atom is 0.336 e. The number of hydrogen-bond acceptors (Lipinski definition) is 8. The van der Waals surface area contributed by atoms with Gasteiger partial charge in [0.05, 0.1) is 51.1 Å². The molecule has 0 saturated carbocycles. The second kappa shape index (κ2) is 11.0. The van der Waals surface area contributed by atoms with Crippen LogP contribution >= 0.6 is 0 Å². The summed E-state index contributed by atoms with van der Waals surface area (Å²) in [5, 5.41) is 0. The SMILES string of the molecule is CCCOc1c(OC)cccc1C1C(C(=O)OC)=CN(C[C@H]2CCCO2)C=C1C(=O)OC. The number of nitrogens with zero attached hydrogens (tertiary/aromatic N) is 1. The molecular weight excluding hydrogens is 414 g/mol. The highest BCUT2D eigenvalue weighted by Crippen LogP contribution is 2.44. The predicted molar refractivity (Wildman–Crippen MR) is 117 cm³/mol. The number of carbonyl (C=O) groups excluding carboxylic acids is 2. The first-order valence-electron chi connectivity index (χ1n) is 10.8. The van der Waals surface area contributed by atoms with Gasteiger partial charge in [0.1, 0.15) is 0 Å². The first kappa shape index (κ1) is 23.7. The molecule has 0 unspecified atom stereocenters. The van der Waals surface area contributed by atoms with Crippen molar-refractivity contribution < 1.29 is 33.3 Å². The van der Waals surface area contributed by atoms with Crippen LogP contribution in [0.3, 0.4) is 0 Å². The molecule has 0 radical (unpaired) electrons. The standard InChI is InChI=1S/C24H31NO7/c1-5-11-32-22-17(9-6-10-20(22)28-2)21-18(23(26)29-3)14-25(13-16-8-7-12-31-16)15-19(21)24(27)30-4/h6,9-10,14-16,21H,5,7-8,11-13H2,1-4H3/t16-/m1/s1. The van der Waals surface area contributed by atoms with Gasteiger partial charge in [-0.25, -0.2) is 9.59 Å². The van der Waals surface area contributed by atoms with E-state index in [2.05, 4.69) is 0 Å². The van der Waals surface area contributed by atoms with Gasteiger partial charge in [-0.2, -0.15) is 0 Å². The van der Waals surface area contributed by atoms with Gasteiger partial charge >= 0.3 is 11.9 Å². The number of rotatable bonds is 9. The van der Waals surface area contributed by atoms with Crippen molar-refractivity contribution in [2.75, 3.05) is 41.1 Å². The first-order chi connectivity index (χ1) is 15.5. The van der Waals surface area contributed by atoms with Gasteiger partial charge in [-0.1, -0.05) is 19.1 Å². The summed E-state index contributed by atoms with van der Waals surface area (Å²) in [6.07, 6.45) is 6.16. The fraction of sp³-hybridized carbons (Fsp3) is 0.500. The molecule has 32 heavy (non-hydrogen) atoms. The summed E-state index contributed by atoms with van der Waals surface area (Å²) in [4.78, 5) is 27.5. The molecule has 174 valence electrons. The lowest BCUT2D eigenvalue weighted by molar-refractivity contribution is -0.137. The van der Waals surface area contributed by atoms with Crippen molar-refractivity contribution in [1.82, 2.24) is 4.90 Å². The van der Waals surface area contributed by atoms with Crippen LogP contribution in [0.15, 0.2) is 41.7 Å². The molecule has 3 rings (SSSR count). The van der Waals surface area contributed by atoms with Crippen molar-refractivity contribution in [3.8, 4) is 11.5 Å². The topological polar surface area (TPSA) is 83.5 Å². The van der Waals surface area contributed by atoms with Crippen LogP contribution in [0.5, 0.6) is 11.5 Å². The van der Waals surface area contributed by atoms with Crippen LogP contribution in [0.1, 0.15) is 37.7 Å². The van der Waals surface area contributed by atoms with E-state index in [1.807, 2.05) is 13.0 Å². The average Bonchev–Trinajstić information content (AvgIpc) is 3.33.